The maximum absolute atomic E-state index is 14.9. The normalized spacial score (nSPS) is 14.7. The molecule has 73 heavy (non-hydrogen) atoms. The van der Waals surface area contributed by atoms with Crippen LogP contribution in [0.15, 0.2) is 182 Å². The fraction of sp³-hybridized carbons (Fsp3) is 0.121. The van der Waals surface area contributed by atoms with Crippen molar-refractivity contribution in [2.75, 3.05) is 7.11 Å². The number of carbonyl (C=O) groups excluding carboxylic acids is 3. The summed E-state index contributed by atoms with van der Waals surface area (Å²) in [6, 6.07) is 50.3. The molecule has 0 saturated carbocycles. The first-order valence-electron chi connectivity index (χ1n) is 23.0. The quantitative estimate of drug-likeness (QED) is 0.0861. The van der Waals surface area contributed by atoms with Crippen LogP contribution in [-0.2, 0) is 27.2 Å². The Morgan fingerprint density at radius 1 is 0.671 bits per heavy atom. The molecule has 0 fully saturated rings. The molecular weight excluding hydrogens is 960 g/mol. The fourth-order valence-corrected chi connectivity index (χ4v) is 9.05. The Hall–Kier alpha value is -8.62. The van der Waals surface area contributed by atoms with Gasteiger partial charge in [-0.3, -0.25) is 9.59 Å². The van der Waals surface area contributed by atoms with Crippen LogP contribution in [0.3, 0.4) is 0 Å². The second kappa shape index (κ2) is 22.2. The number of nitrogens with zero attached hydrogens (tertiary/aromatic N) is 2. The predicted molar refractivity (Wildman–Crippen MR) is 266 cm³/mol. The van der Waals surface area contributed by atoms with Crippen molar-refractivity contribution in [3.8, 4) is 34.5 Å². The van der Waals surface area contributed by atoms with E-state index < -0.39 is 53.0 Å². The number of esters is 3. The van der Waals surface area contributed by atoms with Gasteiger partial charge < -0.3 is 24.2 Å². The first kappa shape index (κ1) is 49.4. The van der Waals surface area contributed by atoms with E-state index in [0.29, 0.717) is 22.7 Å². The van der Waals surface area contributed by atoms with Gasteiger partial charge in [0.1, 0.15) is 34.9 Å². The zero-order valence-corrected chi connectivity index (χ0v) is 39.5. The molecule has 15 heteroatoms. The van der Waals surface area contributed by atoms with Gasteiger partial charge in [-0.25, -0.2) is 22.4 Å². The number of hydrogen-bond donors (Lipinski definition) is 2. The molecule has 0 spiro atoms. The number of aromatic amines is 2. The predicted octanol–water partition coefficient (Wildman–Crippen LogP) is 12.7. The zero-order chi connectivity index (χ0) is 51.0. The number of imidazole rings is 2. The van der Waals surface area contributed by atoms with E-state index in [1.807, 2.05) is 121 Å². The van der Waals surface area contributed by atoms with Gasteiger partial charge in [0, 0.05) is 29.0 Å². The fourth-order valence-electron chi connectivity index (χ4n) is 8.92. The van der Waals surface area contributed by atoms with Crippen molar-refractivity contribution < 1.29 is 46.2 Å². The highest BCUT2D eigenvalue weighted by molar-refractivity contribution is 6.30. The van der Waals surface area contributed by atoms with E-state index in [1.165, 1.54) is 37.4 Å². The molecule has 0 bridgehead atoms. The monoisotopic (exact) mass is 1000 g/mol. The number of ether oxygens (including phenoxy) is 3. The molecule has 4 atom stereocenters. The van der Waals surface area contributed by atoms with Gasteiger partial charge >= 0.3 is 17.9 Å². The van der Waals surface area contributed by atoms with Gasteiger partial charge in [-0.2, -0.15) is 9.97 Å². The molecule has 7 aromatic carbocycles. The summed E-state index contributed by atoms with van der Waals surface area (Å²) in [5.74, 6) is -6.92. The SMILES string of the molecule is COC(=O)[C@@H](Cc1ccccc1)[C@@H](c1ccccc1)c1[nH]c(-c2ccc(F)cc2F)nc1OC(=O)c1ccc(Cl)cc1.O=C1Oc2nc(-c3ccc(F)cc3F)[nH]c2[C@H](c2ccccc2)[C@@H]1Cc1ccccc1. The molecule has 1 aliphatic heterocycles. The van der Waals surface area contributed by atoms with Crippen LogP contribution < -0.4 is 9.47 Å². The van der Waals surface area contributed by atoms with Crippen LogP contribution in [0.25, 0.3) is 22.8 Å². The summed E-state index contributed by atoms with van der Waals surface area (Å²) in [6.45, 7) is 0. The summed E-state index contributed by atoms with van der Waals surface area (Å²) in [5.41, 5.74) is 4.62. The Bertz CT molecular complexity index is 3380. The number of carbonyl (C=O) groups is 3. The summed E-state index contributed by atoms with van der Waals surface area (Å²) in [4.78, 5) is 54.6. The van der Waals surface area contributed by atoms with Gasteiger partial charge in [0.2, 0.25) is 11.8 Å². The molecule has 10 nitrogen and oxygen atoms in total. The van der Waals surface area contributed by atoms with E-state index in [0.717, 1.165) is 34.9 Å². The standard InChI is InChI=1S/C33H25ClF2N2O4.C25H18F2N2O2/c1-41-33(40)26(18-20-8-4-2-5-9-20)28(21-10-6-3-7-11-21)29-31(42-32(39)22-12-14-23(34)15-13-22)38-30(37-29)25-17-16-24(35)19-27(25)36;26-17-11-12-18(20(27)14-17)23-28-22-21(16-9-5-2-6-10-16)19(25(30)31-24(22)29-23)13-15-7-3-1-4-8-15/h2-17,19,26,28H,18H2,1H3,(H,37,38);1-12,14,19,21H,13H2,(H,28,29)/t26-,28+;19-,21+/m00/s1. The topological polar surface area (TPSA) is 136 Å². The van der Waals surface area contributed by atoms with Gasteiger partial charge in [-0.15, -0.1) is 0 Å². The maximum Gasteiger partial charge on any atom is 0.344 e. The molecule has 3 heterocycles. The van der Waals surface area contributed by atoms with E-state index in [-0.39, 0.29) is 64.1 Å². The minimum atomic E-state index is -0.865. The third kappa shape index (κ3) is 11.3. The van der Waals surface area contributed by atoms with Crippen molar-refractivity contribution in [1.82, 2.24) is 19.9 Å². The number of halogens is 5. The number of rotatable bonds is 13. The van der Waals surface area contributed by atoms with Crippen LogP contribution in [0, 0.1) is 35.1 Å². The number of H-pyrrole nitrogens is 2. The average Bonchev–Trinajstić information content (AvgIpc) is 4.01. The second-order valence-electron chi connectivity index (χ2n) is 17.1. The number of benzene rings is 7. The molecule has 0 unspecified atom stereocenters. The van der Waals surface area contributed by atoms with Crippen molar-refractivity contribution in [2.45, 2.75) is 24.7 Å². The lowest BCUT2D eigenvalue weighted by Gasteiger charge is -2.29. The molecule has 1 aliphatic rings. The van der Waals surface area contributed by atoms with Crippen molar-refractivity contribution in [2.24, 2.45) is 11.8 Å². The number of fused-ring (bicyclic) bond motifs is 1. The van der Waals surface area contributed by atoms with Crippen LogP contribution in [0.4, 0.5) is 17.6 Å². The molecule has 10 rings (SSSR count). The van der Waals surface area contributed by atoms with Crippen LogP contribution in [0.1, 0.15) is 55.8 Å². The lowest BCUT2D eigenvalue weighted by atomic mass is 9.79. The highest BCUT2D eigenvalue weighted by Crippen LogP contribution is 2.44. The Labute approximate surface area is 421 Å². The van der Waals surface area contributed by atoms with Crippen molar-refractivity contribution >= 4 is 29.5 Å². The molecule has 0 saturated heterocycles. The minimum absolute atomic E-state index is 0.00864. The van der Waals surface area contributed by atoms with Gasteiger partial charge in [0.15, 0.2) is 0 Å². The minimum Gasteiger partial charge on any atom is -0.469 e. The first-order chi connectivity index (χ1) is 35.4. The van der Waals surface area contributed by atoms with E-state index in [1.54, 1.807) is 12.1 Å². The average molecular weight is 1000 g/mol. The van der Waals surface area contributed by atoms with E-state index >= 15 is 0 Å². The van der Waals surface area contributed by atoms with E-state index in [2.05, 4.69) is 19.9 Å². The zero-order valence-electron chi connectivity index (χ0n) is 38.8. The Balaban J connectivity index is 0.000000188. The third-order valence-electron chi connectivity index (χ3n) is 12.4. The summed E-state index contributed by atoms with van der Waals surface area (Å²) >= 11 is 5.98. The van der Waals surface area contributed by atoms with Crippen molar-refractivity contribution in [1.29, 1.82) is 0 Å². The Morgan fingerprint density at radius 3 is 1.79 bits per heavy atom. The summed E-state index contributed by atoms with van der Waals surface area (Å²) < 4.78 is 72.9. The van der Waals surface area contributed by atoms with Crippen LogP contribution >= 0.6 is 11.6 Å². The molecule has 0 radical (unpaired) electrons. The first-order valence-corrected chi connectivity index (χ1v) is 23.4. The Morgan fingerprint density at radius 2 is 1.22 bits per heavy atom. The maximum atomic E-state index is 14.9. The molecule has 2 aromatic heterocycles. The highest BCUT2D eigenvalue weighted by Gasteiger charge is 2.42. The molecule has 0 amide bonds. The van der Waals surface area contributed by atoms with Crippen LogP contribution in [-0.4, -0.2) is 45.0 Å². The van der Waals surface area contributed by atoms with Crippen LogP contribution in [0.5, 0.6) is 11.8 Å². The van der Waals surface area contributed by atoms with Crippen molar-refractivity contribution in [3.05, 3.63) is 249 Å². The smallest absolute Gasteiger partial charge is 0.344 e. The van der Waals surface area contributed by atoms with Gasteiger partial charge in [-0.1, -0.05) is 133 Å². The summed E-state index contributed by atoms with van der Waals surface area (Å²) in [6.07, 6.45) is 0.759. The van der Waals surface area contributed by atoms with E-state index in [9.17, 15) is 31.9 Å². The number of aromatic nitrogens is 4. The molecule has 2 N–H and O–H groups in total. The van der Waals surface area contributed by atoms with Gasteiger partial charge in [0.25, 0.3) is 0 Å². The number of hydrogen-bond acceptors (Lipinski definition) is 8. The van der Waals surface area contributed by atoms with Gasteiger partial charge in [0.05, 0.1) is 47.0 Å². The molecule has 9 aromatic rings. The second-order valence-corrected chi connectivity index (χ2v) is 17.5. The van der Waals surface area contributed by atoms with Gasteiger partial charge in [-0.05, 0) is 83.6 Å². The molecular formula is C58H43ClF4N4O6. The summed E-state index contributed by atoms with van der Waals surface area (Å²) in [5, 5.41) is 0.437. The molecule has 366 valence electrons. The Kier molecular flexibility index (Phi) is 15.0. The van der Waals surface area contributed by atoms with E-state index in [4.69, 9.17) is 25.8 Å². The number of methoxy groups -OCH3 is 1. The largest absolute Gasteiger partial charge is 0.469 e. The number of nitrogens with one attached hydrogen (secondary N) is 2. The molecule has 0 aliphatic carbocycles. The van der Waals surface area contributed by atoms with Crippen LogP contribution in [0.2, 0.25) is 5.02 Å². The lowest BCUT2D eigenvalue weighted by Crippen LogP contribution is -2.34. The lowest BCUT2D eigenvalue weighted by molar-refractivity contribution is -0.146. The summed E-state index contributed by atoms with van der Waals surface area (Å²) in [7, 11) is 1.30. The van der Waals surface area contributed by atoms with Crippen molar-refractivity contribution in [3.63, 3.8) is 0 Å². The third-order valence-corrected chi connectivity index (χ3v) is 12.6. The highest BCUT2D eigenvalue weighted by atomic mass is 35.5.